The van der Waals surface area contributed by atoms with Gasteiger partial charge in [0.25, 0.3) is 0 Å². The summed E-state index contributed by atoms with van der Waals surface area (Å²) in [6, 6.07) is 19.2. The molecule has 0 heterocycles. The molecule has 1 atom stereocenters. The van der Waals surface area contributed by atoms with E-state index in [0.717, 1.165) is 25.5 Å². The topological polar surface area (TPSA) is 66.5 Å². The normalized spacial score (nSPS) is 12.5. The third-order valence-corrected chi connectivity index (χ3v) is 7.33. The molecule has 5 nitrogen and oxygen atoms in total. The number of halogens is 2. The summed E-state index contributed by atoms with van der Waals surface area (Å²) in [5.41, 5.74) is 2.41. The number of aryl methyl sites for hydroxylation is 1. The molecule has 3 rings (SSSR count). The van der Waals surface area contributed by atoms with E-state index in [1.807, 2.05) is 19.1 Å². The highest BCUT2D eigenvalue weighted by atomic mass is 79.9. The van der Waals surface area contributed by atoms with E-state index in [0.29, 0.717) is 0 Å². The quantitative estimate of drug-likeness (QED) is 0.458. The minimum absolute atomic E-state index is 0.0435. The van der Waals surface area contributed by atoms with Crippen LogP contribution < -0.4 is 5.32 Å². The third kappa shape index (κ3) is 6.25. The second-order valence-electron chi connectivity index (χ2n) is 7.55. The maximum atomic E-state index is 13.3. The summed E-state index contributed by atoms with van der Waals surface area (Å²) >= 11 is 3.37. The predicted octanol–water partition coefficient (Wildman–Crippen LogP) is 4.96. The molecule has 0 aromatic heterocycles. The van der Waals surface area contributed by atoms with Crippen molar-refractivity contribution in [3.63, 3.8) is 0 Å². The number of rotatable bonds is 8. The Kier molecular flexibility index (Phi) is 7.82. The molecule has 1 amide bonds. The molecule has 168 valence electrons. The van der Waals surface area contributed by atoms with Crippen molar-refractivity contribution in [1.29, 1.82) is 0 Å². The highest BCUT2D eigenvalue weighted by Gasteiger charge is 2.27. The molecule has 0 fully saturated rings. The Morgan fingerprint density at radius 3 is 2.19 bits per heavy atom. The van der Waals surface area contributed by atoms with Gasteiger partial charge in [0.2, 0.25) is 15.9 Å². The second kappa shape index (κ2) is 10.4. The van der Waals surface area contributed by atoms with Gasteiger partial charge in [0, 0.05) is 11.0 Å². The molecule has 3 aromatic carbocycles. The fourth-order valence-electron chi connectivity index (χ4n) is 3.16. The molecule has 3 aromatic rings. The lowest BCUT2D eigenvalue weighted by atomic mass is 10.1. The van der Waals surface area contributed by atoms with Crippen molar-refractivity contribution in [2.75, 3.05) is 6.54 Å². The number of amides is 1. The van der Waals surface area contributed by atoms with Crippen molar-refractivity contribution in [2.24, 2.45) is 0 Å². The van der Waals surface area contributed by atoms with Crippen LogP contribution in [0.25, 0.3) is 0 Å². The first-order valence-corrected chi connectivity index (χ1v) is 12.2. The Labute approximate surface area is 196 Å². The summed E-state index contributed by atoms with van der Waals surface area (Å²) in [6.45, 7) is 3.33. The van der Waals surface area contributed by atoms with Crippen LogP contribution in [0.4, 0.5) is 4.39 Å². The van der Waals surface area contributed by atoms with Crippen LogP contribution in [-0.2, 0) is 21.4 Å². The van der Waals surface area contributed by atoms with E-state index in [4.69, 9.17) is 0 Å². The number of carbonyl (C=O) groups excluding carboxylic acids is 1. The van der Waals surface area contributed by atoms with Crippen molar-refractivity contribution in [3.05, 3.63) is 99.8 Å². The molecule has 0 aliphatic carbocycles. The summed E-state index contributed by atoms with van der Waals surface area (Å²) in [5.74, 6) is -0.813. The molecular formula is C24H24BrFN2O3S. The van der Waals surface area contributed by atoms with Crippen LogP contribution in [0.5, 0.6) is 0 Å². The monoisotopic (exact) mass is 518 g/mol. The zero-order valence-corrected chi connectivity index (χ0v) is 20.2. The van der Waals surface area contributed by atoms with Crippen molar-refractivity contribution in [3.8, 4) is 0 Å². The average molecular weight is 519 g/mol. The smallest absolute Gasteiger partial charge is 0.243 e. The number of sulfonamides is 1. The minimum atomic E-state index is -3.92. The van der Waals surface area contributed by atoms with Gasteiger partial charge >= 0.3 is 0 Å². The molecule has 0 saturated heterocycles. The van der Waals surface area contributed by atoms with E-state index in [1.165, 1.54) is 24.3 Å². The van der Waals surface area contributed by atoms with Gasteiger partial charge in [-0.05, 0) is 61.4 Å². The minimum Gasteiger partial charge on any atom is -0.348 e. The lowest BCUT2D eigenvalue weighted by molar-refractivity contribution is -0.122. The molecule has 1 N–H and O–H groups in total. The van der Waals surface area contributed by atoms with Gasteiger partial charge in [-0.15, -0.1) is 0 Å². The molecule has 0 spiro atoms. The van der Waals surface area contributed by atoms with Gasteiger partial charge < -0.3 is 5.32 Å². The lowest BCUT2D eigenvalue weighted by Crippen LogP contribution is -2.41. The fourth-order valence-corrected chi connectivity index (χ4v) is 4.81. The summed E-state index contributed by atoms with van der Waals surface area (Å²) in [5, 5.41) is 2.80. The molecule has 0 aliphatic heterocycles. The largest absolute Gasteiger partial charge is 0.348 e. The number of nitrogens with zero attached hydrogens (tertiary/aromatic N) is 1. The summed E-state index contributed by atoms with van der Waals surface area (Å²) in [4.78, 5) is 12.9. The molecule has 1 unspecified atom stereocenters. The molecule has 0 saturated carbocycles. The van der Waals surface area contributed by atoms with Gasteiger partial charge in [0.15, 0.2) is 0 Å². The molecule has 0 bridgehead atoms. The number of hydrogen-bond donors (Lipinski definition) is 1. The number of carbonyl (C=O) groups is 1. The van der Waals surface area contributed by atoms with E-state index in [2.05, 4.69) is 21.2 Å². The Hall–Kier alpha value is -2.55. The van der Waals surface area contributed by atoms with Gasteiger partial charge in [-0.25, -0.2) is 12.8 Å². The highest BCUT2D eigenvalue weighted by molar-refractivity contribution is 9.10. The Morgan fingerprint density at radius 1 is 1.00 bits per heavy atom. The van der Waals surface area contributed by atoms with E-state index < -0.39 is 22.0 Å². The van der Waals surface area contributed by atoms with Crippen LogP contribution in [-0.4, -0.2) is 25.2 Å². The SMILES string of the molecule is Cc1ccc(S(=O)(=O)N(CC(=O)NC(C)c2ccc(F)cc2)Cc2ccc(Br)cc2)cc1. The van der Waals surface area contributed by atoms with Crippen molar-refractivity contribution < 1.29 is 17.6 Å². The molecule has 32 heavy (non-hydrogen) atoms. The van der Waals surface area contributed by atoms with Crippen LogP contribution in [0.3, 0.4) is 0 Å². The van der Waals surface area contributed by atoms with Crippen LogP contribution in [0.2, 0.25) is 0 Å². The van der Waals surface area contributed by atoms with Crippen LogP contribution >= 0.6 is 15.9 Å². The van der Waals surface area contributed by atoms with E-state index in [9.17, 15) is 17.6 Å². The molecule has 0 aliphatic rings. The first-order valence-electron chi connectivity index (χ1n) is 10.0. The predicted molar refractivity (Wildman–Crippen MR) is 126 cm³/mol. The second-order valence-corrected chi connectivity index (χ2v) is 10.4. The number of hydrogen-bond acceptors (Lipinski definition) is 3. The lowest BCUT2D eigenvalue weighted by Gasteiger charge is -2.23. The Balaban J connectivity index is 1.82. The fraction of sp³-hybridized carbons (Fsp3) is 0.208. The van der Waals surface area contributed by atoms with Gasteiger partial charge in [-0.2, -0.15) is 4.31 Å². The van der Waals surface area contributed by atoms with Crippen molar-refractivity contribution in [1.82, 2.24) is 9.62 Å². The standard InChI is InChI=1S/C24H24BrFN2O3S/c1-17-3-13-23(14-4-17)32(30,31)28(15-19-5-9-21(25)10-6-19)16-24(29)27-18(2)20-7-11-22(26)12-8-20/h3-14,18H,15-16H2,1-2H3,(H,27,29). The van der Waals surface area contributed by atoms with E-state index >= 15 is 0 Å². The summed E-state index contributed by atoms with van der Waals surface area (Å²) in [7, 11) is -3.92. The van der Waals surface area contributed by atoms with E-state index in [1.54, 1.807) is 43.3 Å². The first kappa shape index (κ1) is 24.1. The molecule has 0 radical (unpaired) electrons. The highest BCUT2D eigenvalue weighted by Crippen LogP contribution is 2.21. The van der Waals surface area contributed by atoms with Gasteiger partial charge in [0.05, 0.1) is 17.5 Å². The van der Waals surface area contributed by atoms with Crippen LogP contribution in [0.15, 0.2) is 82.2 Å². The maximum absolute atomic E-state index is 13.3. The zero-order chi connectivity index (χ0) is 23.3. The molecular weight excluding hydrogens is 495 g/mol. The average Bonchev–Trinajstić information content (AvgIpc) is 2.75. The number of nitrogens with one attached hydrogen (secondary N) is 1. The van der Waals surface area contributed by atoms with Crippen LogP contribution in [0.1, 0.15) is 29.7 Å². The Morgan fingerprint density at radius 2 is 1.59 bits per heavy atom. The Bertz CT molecular complexity index is 1170. The third-order valence-electron chi connectivity index (χ3n) is 5.00. The first-order chi connectivity index (χ1) is 15.1. The summed E-state index contributed by atoms with van der Waals surface area (Å²) in [6.07, 6.45) is 0. The van der Waals surface area contributed by atoms with Crippen molar-refractivity contribution >= 4 is 31.9 Å². The summed E-state index contributed by atoms with van der Waals surface area (Å²) < 4.78 is 41.9. The van der Waals surface area contributed by atoms with Crippen LogP contribution in [0, 0.1) is 12.7 Å². The zero-order valence-electron chi connectivity index (χ0n) is 17.8. The number of benzene rings is 3. The van der Waals surface area contributed by atoms with Gasteiger partial charge in [-0.3, -0.25) is 4.79 Å². The van der Waals surface area contributed by atoms with Gasteiger partial charge in [0.1, 0.15) is 5.82 Å². The maximum Gasteiger partial charge on any atom is 0.243 e. The van der Waals surface area contributed by atoms with Gasteiger partial charge in [-0.1, -0.05) is 57.9 Å². The van der Waals surface area contributed by atoms with E-state index in [-0.39, 0.29) is 23.8 Å². The van der Waals surface area contributed by atoms with Crippen molar-refractivity contribution in [2.45, 2.75) is 31.3 Å². The molecule has 8 heteroatoms.